The lowest BCUT2D eigenvalue weighted by molar-refractivity contribution is -0.901. The standard InChI is InChI=1S/C6H14N2S/c7-1-2-8-3-5-9-6-4-8/h1-7H2/p+2. The van der Waals surface area contributed by atoms with E-state index >= 15 is 0 Å². The molecule has 1 saturated heterocycles. The average molecular weight is 148 g/mol. The van der Waals surface area contributed by atoms with Crippen LogP contribution in [-0.2, 0) is 0 Å². The molecule has 0 bridgehead atoms. The fourth-order valence-corrected chi connectivity index (χ4v) is 2.23. The Morgan fingerprint density at radius 1 is 1.33 bits per heavy atom. The zero-order valence-electron chi connectivity index (χ0n) is 5.86. The van der Waals surface area contributed by atoms with E-state index in [9.17, 15) is 0 Å². The number of nitrogens with one attached hydrogen (secondary N) is 1. The Kier molecular flexibility index (Phi) is 3.40. The van der Waals surface area contributed by atoms with Crippen LogP contribution in [0.3, 0.4) is 0 Å². The molecule has 0 aromatic heterocycles. The van der Waals surface area contributed by atoms with Gasteiger partial charge in [0.05, 0.1) is 13.1 Å². The summed E-state index contributed by atoms with van der Waals surface area (Å²) in [7, 11) is 0. The van der Waals surface area contributed by atoms with Gasteiger partial charge < -0.3 is 10.6 Å². The molecule has 1 aliphatic heterocycles. The van der Waals surface area contributed by atoms with Crippen LogP contribution in [0.2, 0.25) is 0 Å². The van der Waals surface area contributed by atoms with Crippen molar-refractivity contribution in [2.45, 2.75) is 0 Å². The summed E-state index contributed by atoms with van der Waals surface area (Å²) in [5.41, 5.74) is 3.85. The van der Waals surface area contributed by atoms with Gasteiger partial charge in [-0.2, -0.15) is 11.8 Å². The number of rotatable bonds is 2. The molecule has 3 heteroatoms. The summed E-state index contributed by atoms with van der Waals surface area (Å²) >= 11 is 2.08. The Morgan fingerprint density at radius 3 is 2.56 bits per heavy atom. The highest BCUT2D eigenvalue weighted by Gasteiger charge is 2.11. The van der Waals surface area contributed by atoms with Crippen molar-refractivity contribution >= 4 is 11.8 Å². The Labute approximate surface area is 60.8 Å². The Balaban J connectivity index is 2.08. The SMILES string of the molecule is [NH3+]CC[NH+]1CCSCC1. The van der Waals surface area contributed by atoms with Crippen molar-refractivity contribution in [2.24, 2.45) is 0 Å². The molecular weight excluding hydrogens is 132 g/mol. The van der Waals surface area contributed by atoms with E-state index in [0.717, 1.165) is 6.54 Å². The smallest absolute Gasteiger partial charge is 0.127 e. The van der Waals surface area contributed by atoms with Crippen LogP contribution < -0.4 is 10.6 Å². The van der Waals surface area contributed by atoms with Gasteiger partial charge in [-0.3, -0.25) is 0 Å². The van der Waals surface area contributed by atoms with Crippen LogP contribution in [0.5, 0.6) is 0 Å². The van der Waals surface area contributed by atoms with E-state index in [1.54, 1.807) is 4.90 Å². The predicted octanol–water partition coefficient (Wildman–Crippen LogP) is -2.14. The summed E-state index contributed by atoms with van der Waals surface area (Å²) in [6.07, 6.45) is 0. The molecule has 0 atom stereocenters. The molecule has 1 aliphatic rings. The first-order chi connectivity index (χ1) is 4.43. The molecule has 0 aromatic rings. The zero-order valence-corrected chi connectivity index (χ0v) is 6.67. The molecule has 1 heterocycles. The van der Waals surface area contributed by atoms with Crippen LogP contribution in [-0.4, -0.2) is 37.7 Å². The Morgan fingerprint density at radius 2 is 2.00 bits per heavy atom. The lowest BCUT2D eigenvalue weighted by atomic mass is 10.5. The molecular formula is C6H16N2S+2. The Hall–Kier alpha value is 0.270. The minimum atomic E-state index is 1.10. The molecule has 0 saturated carbocycles. The lowest BCUT2D eigenvalue weighted by Crippen LogP contribution is -3.15. The van der Waals surface area contributed by atoms with Gasteiger partial charge in [-0.25, -0.2) is 0 Å². The third-order valence-electron chi connectivity index (χ3n) is 1.73. The van der Waals surface area contributed by atoms with Crippen molar-refractivity contribution in [3.63, 3.8) is 0 Å². The van der Waals surface area contributed by atoms with Crippen molar-refractivity contribution in [2.75, 3.05) is 37.7 Å². The van der Waals surface area contributed by atoms with E-state index < -0.39 is 0 Å². The highest BCUT2D eigenvalue weighted by atomic mass is 32.2. The molecule has 9 heavy (non-hydrogen) atoms. The van der Waals surface area contributed by atoms with Crippen molar-refractivity contribution in [1.29, 1.82) is 0 Å². The van der Waals surface area contributed by atoms with E-state index in [0.29, 0.717) is 0 Å². The quantitative estimate of drug-likeness (QED) is 0.460. The summed E-state index contributed by atoms with van der Waals surface area (Å²) in [6.45, 7) is 5.10. The zero-order chi connectivity index (χ0) is 6.53. The van der Waals surface area contributed by atoms with Gasteiger partial charge in [0, 0.05) is 11.5 Å². The maximum absolute atomic E-state index is 3.85. The van der Waals surface area contributed by atoms with Gasteiger partial charge in [0.25, 0.3) is 0 Å². The van der Waals surface area contributed by atoms with E-state index in [1.807, 2.05) is 0 Å². The molecule has 2 nitrogen and oxygen atoms in total. The molecule has 0 aromatic carbocycles. The van der Waals surface area contributed by atoms with E-state index in [-0.39, 0.29) is 0 Å². The molecule has 54 valence electrons. The normalized spacial score (nSPS) is 22.3. The summed E-state index contributed by atoms with van der Waals surface area (Å²) in [5.74, 6) is 2.71. The summed E-state index contributed by atoms with van der Waals surface area (Å²) < 4.78 is 0. The topological polar surface area (TPSA) is 32.1 Å². The summed E-state index contributed by atoms with van der Waals surface area (Å²) in [5, 5.41) is 0. The highest BCUT2D eigenvalue weighted by Crippen LogP contribution is 1.96. The molecule has 1 rings (SSSR count). The Bertz CT molecular complexity index is 68.7. The van der Waals surface area contributed by atoms with Gasteiger partial charge >= 0.3 is 0 Å². The van der Waals surface area contributed by atoms with Crippen molar-refractivity contribution in [3.8, 4) is 0 Å². The van der Waals surface area contributed by atoms with Gasteiger partial charge in [-0.1, -0.05) is 0 Å². The van der Waals surface area contributed by atoms with Crippen LogP contribution in [0.4, 0.5) is 0 Å². The highest BCUT2D eigenvalue weighted by molar-refractivity contribution is 7.99. The van der Waals surface area contributed by atoms with Crippen molar-refractivity contribution < 1.29 is 10.6 Å². The third-order valence-corrected chi connectivity index (χ3v) is 2.72. The fourth-order valence-electron chi connectivity index (χ4n) is 1.16. The first-order valence-corrected chi connectivity index (χ1v) is 4.79. The second kappa shape index (κ2) is 4.14. The third kappa shape index (κ3) is 2.56. The second-order valence-electron chi connectivity index (χ2n) is 2.47. The first kappa shape index (κ1) is 7.38. The molecule has 0 unspecified atom stereocenters. The molecule has 0 radical (unpaired) electrons. The van der Waals surface area contributed by atoms with Gasteiger partial charge in [-0.05, 0) is 0 Å². The van der Waals surface area contributed by atoms with Crippen molar-refractivity contribution in [3.05, 3.63) is 0 Å². The number of hydrogen-bond acceptors (Lipinski definition) is 1. The van der Waals surface area contributed by atoms with Gasteiger partial charge in [0.1, 0.15) is 13.1 Å². The van der Waals surface area contributed by atoms with E-state index in [2.05, 4.69) is 17.5 Å². The number of thioether (sulfide) groups is 1. The number of quaternary nitrogens is 2. The molecule has 4 N–H and O–H groups in total. The van der Waals surface area contributed by atoms with E-state index in [1.165, 1.54) is 31.1 Å². The minimum Gasteiger partial charge on any atom is -0.353 e. The van der Waals surface area contributed by atoms with Crippen LogP contribution in [0.1, 0.15) is 0 Å². The monoisotopic (exact) mass is 148 g/mol. The second-order valence-corrected chi connectivity index (χ2v) is 3.69. The molecule has 0 aliphatic carbocycles. The maximum Gasteiger partial charge on any atom is 0.127 e. The average Bonchev–Trinajstić information content (AvgIpc) is 1.91. The van der Waals surface area contributed by atoms with Gasteiger partial charge in [-0.15, -0.1) is 0 Å². The molecule has 0 spiro atoms. The van der Waals surface area contributed by atoms with Crippen molar-refractivity contribution in [1.82, 2.24) is 0 Å². The minimum absolute atomic E-state index is 1.10. The first-order valence-electron chi connectivity index (χ1n) is 3.64. The molecule has 1 fully saturated rings. The van der Waals surface area contributed by atoms with E-state index in [4.69, 9.17) is 0 Å². The van der Waals surface area contributed by atoms with Gasteiger partial charge in [0.2, 0.25) is 0 Å². The van der Waals surface area contributed by atoms with Crippen LogP contribution in [0.15, 0.2) is 0 Å². The van der Waals surface area contributed by atoms with Crippen LogP contribution in [0.25, 0.3) is 0 Å². The maximum atomic E-state index is 3.85. The fraction of sp³-hybridized carbons (Fsp3) is 1.00. The predicted molar refractivity (Wildman–Crippen MR) is 40.6 cm³/mol. The molecule has 0 amide bonds. The largest absolute Gasteiger partial charge is 0.353 e. The lowest BCUT2D eigenvalue weighted by Gasteiger charge is -2.21. The van der Waals surface area contributed by atoms with Crippen LogP contribution in [0, 0.1) is 0 Å². The number of hydrogen-bond donors (Lipinski definition) is 2. The summed E-state index contributed by atoms with van der Waals surface area (Å²) in [6, 6.07) is 0. The van der Waals surface area contributed by atoms with Crippen LogP contribution >= 0.6 is 11.8 Å². The summed E-state index contributed by atoms with van der Waals surface area (Å²) in [4.78, 5) is 1.75. The van der Waals surface area contributed by atoms with Gasteiger partial charge in [0.15, 0.2) is 0 Å².